The van der Waals surface area contributed by atoms with Crippen molar-refractivity contribution < 1.29 is 28.6 Å². The Bertz CT molecular complexity index is 842. The largest absolute Gasteiger partial charge is 0.497 e. The number of carbonyl (C=O) groups is 3. The molecule has 0 aliphatic heterocycles. The second-order valence-corrected chi connectivity index (χ2v) is 6.11. The molecule has 0 aromatic heterocycles. The zero-order chi connectivity index (χ0) is 21.2. The van der Waals surface area contributed by atoms with Crippen LogP contribution in [0.2, 0.25) is 0 Å². The molecule has 8 nitrogen and oxygen atoms in total. The van der Waals surface area contributed by atoms with Crippen molar-refractivity contribution in [3.05, 3.63) is 53.6 Å². The minimum absolute atomic E-state index is 0.158. The summed E-state index contributed by atoms with van der Waals surface area (Å²) in [5.74, 6) is 0.243. The minimum atomic E-state index is -0.532. The van der Waals surface area contributed by atoms with E-state index in [9.17, 15) is 14.4 Å². The van der Waals surface area contributed by atoms with Gasteiger partial charge in [0.2, 0.25) is 5.91 Å². The van der Waals surface area contributed by atoms with E-state index in [0.717, 1.165) is 5.56 Å². The SMILES string of the molecule is COC(=O)CNC(=O)c1ccc(NC(=O)CCc2cc(OC)cc(OC)c2)cc1. The van der Waals surface area contributed by atoms with E-state index in [1.54, 1.807) is 44.6 Å². The lowest BCUT2D eigenvalue weighted by Gasteiger charge is -2.09. The highest BCUT2D eigenvalue weighted by molar-refractivity contribution is 5.97. The van der Waals surface area contributed by atoms with Gasteiger partial charge in [0.05, 0.1) is 21.3 Å². The van der Waals surface area contributed by atoms with Gasteiger partial charge in [-0.1, -0.05) is 0 Å². The summed E-state index contributed by atoms with van der Waals surface area (Å²) in [6.45, 7) is -0.205. The minimum Gasteiger partial charge on any atom is -0.497 e. The molecule has 0 heterocycles. The fourth-order valence-electron chi connectivity index (χ4n) is 2.52. The molecule has 2 aromatic carbocycles. The van der Waals surface area contributed by atoms with Gasteiger partial charge in [0.15, 0.2) is 0 Å². The first-order valence-electron chi connectivity index (χ1n) is 8.92. The highest BCUT2D eigenvalue weighted by Crippen LogP contribution is 2.23. The molecule has 0 unspecified atom stereocenters. The van der Waals surface area contributed by atoms with Crippen molar-refractivity contribution in [3.8, 4) is 11.5 Å². The van der Waals surface area contributed by atoms with Gasteiger partial charge >= 0.3 is 5.97 Å². The molecule has 0 radical (unpaired) electrons. The van der Waals surface area contributed by atoms with Crippen LogP contribution < -0.4 is 20.1 Å². The van der Waals surface area contributed by atoms with Gasteiger partial charge in [-0.2, -0.15) is 0 Å². The van der Waals surface area contributed by atoms with E-state index in [-0.39, 0.29) is 18.9 Å². The number of methoxy groups -OCH3 is 3. The molecule has 2 rings (SSSR count). The summed E-state index contributed by atoms with van der Waals surface area (Å²) in [5, 5.41) is 5.23. The van der Waals surface area contributed by atoms with Gasteiger partial charge in [-0.05, 0) is 48.4 Å². The van der Waals surface area contributed by atoms with Crippen LogP contribution in [0.25, 0.3) is 0 Å². The average molecular weight is 400 g/mol. The molecule has 8 heteroatoms. The number of amides is 2. The maximum atomic E-state index is 12.2. The zero-order valence-electron chi connectivity index (χ0n) is 16.6. The Kier molecular flexibility index (Phi) is 8.02. The number of benzene rings is 2. The van der Waals surface area contributed by atoms with Crippen LogP contribution in [0.15, 0.2) is 42.5 Å². The lowest BCUT2D eigenvalue weighted by molar-refractivity contribution is -0.139. The third kappa shape index (κ3) is 6.84. The highest BCUT2D eigenvalue weighted by Gasteiger charge is 2.09. The van der Waals surface area contributed by atoms with E-state index in [0.29, 0.717) is 29.2 Å². The van der Waals surface area contributed by atoms with Crippen LogP contribution in [-0.2, 0) is 20.7 Å². The van der Waals surface area contributed by atoms with Gasteiger partial charge < -0.3 is 24.8 Å². The van der Waals surface area contributed by atoms with Gasteiger partial charge in [0.1, 0.15) is 18.0 Å². The summed E-state index contributed by atoms with van der Waals surface area (Å²) in [7, 11) is 4.39. The predicted molar refractivity (Wildman–Crippen MR) is 107 cm³/mol. The van der Waals surface area contributed by atoms with Crippen LogP contribution in [-0.4, -0.2) is 45.7 Å². The number of esters is 1. The van der Waals surface area contributed by atoms with Crippen molar-refractivity contribution in [2.45, 2.75) is 12.8 Å². The topological polar surface area (TPSA) is 103 Å². The van der Waals surface area contributed by atoms with Gasteiger partial charge in [-0.15, -0.1) is 0 Å². The lowest BCUT2D eigenvalue weighted by Crippen LogP contribution is -2.30. The molecule has 0 spiro atoms. The standard InChI is InChI=1S/C21H24N2O6/c1-27-17-10-14(11-18(12-17)28-2)4-9-19(24)23-16-7-5-15(6-8-16)21(26)22-13-20(25)29-3/h5-8,10-12H,4,9,13H2,1-3H3,(H,22,26)(H,23,24). The molecule has 0 aliphatic rings. The van der Waals surface area contributed by atoms with Gasteiger partial charge in [-0.3, -0.25) is 14.4 Å². The molecule has 0 atom stereocenters. The van der Waals surface area contributed by atoms with Crippen molar-refractivity contribution in [2.24, 2.45) is 0 Å². The molecule has 0 saturated carbocycles. The smallest absolute Gasteiger partial charge is 0.325 e. The number of ether oxygens (including phenoxy) is 3. The normalized spacial score (nSPS) is 10.0. The molecule has 0 aliphatic carbocycles. The Morgan fingerprint density at radius 1 is 0.897 bits per heavy atom. The van der Waals surface area contributed by atoms with Crippen LogP contribution in [0.4, 0.5) is 5.69 Å². The molecular formula is C21H24N2O6. The molecule has 0 bridgehead atoms. The maximum Gasteiger partial charge on any atom is 0.325 e. The fourth-order valence-corrected chi connectivity index (χ4v) is 2.52. The van der Waals surface area contributed by atoms with Crippen LogP contribution in [0.3, 0.4) is 0 Å². The van der Waals surface area contributed by atoms with E-state index in [1.807, 2.05) is 12.1 Å². The van der Waals surface area contributed by atoms with E-state index >= 15 is 0 Å². The van der Waals surface area contributed by atoms with E-state index in [1.165, 1.54) is 7.11 Å². The molecule has 29 heavy (non-hydrogen) atoms. The van der Waals surface area contributed by atoms with Crippen LogP contribution >= 0.6 is 0 Å². The summed E-state index contributed by atoms with van der Waals surface area (Å²) in [6.07, 6.45) is 0.797. The number of aryl methyl sites for hydroxylation is 1. The fraction of sp³-hybridized carbons (Fsp3) is 0.286. The number of carbonyl (C=O) groups excluding carboxylic acids is 3. The third-order valence-electron chi connectivity index (χ3n) is 4.10. The molecule has 0 fully saturated rings. The Morgan fingerprint density at radius 2 is 1.52 bits per heavy atom. The predicted octanol–water partition coefficient (Wildman–Crippen LogP) is 2.18. The van der Waals surface area contributed by atoms with Gasteiger partial charge in [-0.25, -0.2) is 0 Å². The van der Waals surface area contributed by atoms with Crippen molar-refractivity contribution in [1.82, 2.24) is 5.32 Å². The second-order valence-electron chi connectivity index (χ2n) is 6.11. The number of hydrogen-bond acceptors (Lipinski definition) is 6. The summed E-state index contributed by atoms with van der Waals surface area (Å²) < 4.78 is 14.9. The quantitative estimate of drug-likeness (QED) is 0.626. The van der Waals surface area contributed by atoms with E-state index in [4.69, 9.17) is 9.47 Å². The Morgan fingerprint density at radius 3 is 2.07 bits per heavy atom. The van der Waals surface area contributed by atoms with Crippen molar-refractivity contribution in [3.63, 3.8) is 0 Å². The Hall–Kier alpha value is -3.55. The number of hydrogen-bond donors (Lipinski definition) is 2. The summed E-state index contributed by atoms with van der Waals surface area (Å²) >= 11 is 0. The third-order valence-corrected chi connectivity index (χ3v) is 4.10. The maximum absolute atomic E-state index is 12.2. The monoisotopic (exact) mass is 400 g/mol. The number of anilines is 1. The molecule has 2 N–H and O–H groups in total. The first-order chi connectivity index (χ1) is 13.9. The highest BCUT2D eigenvalue weighted by atomic mass is 16.5. The van der Waals surface area contributed by atoms with Crippen molar-refractivity contribution in [1.29, 1.82) is 0 Å². The van der Waals surface area contributed by atoms with Gasteiger partial charge in [0.25, 0.3) is 5.91 Å². The van der Waals surface area contributed by atoms with E-state index < -0.39 is 11.9 Å². The Balaban J connectivity index is 1.88. The number of rotatable bonds is 9. The molecule has 2 amide bonds. The van der Waals surface area contributed by atoms with E-state index in [2.05, 4.69) is 15.4 Å². The lowest BCUT2D eigenvalue weighted by atomic mass is 10.1. The summed E-state index contributed by atoms with van der Waals surface area (Å²) in [4.78, 5) is 35.2. The summed E-state index contributed by atoms with van der Waals surface area (Å²) in [6, 6.07) is 11.9. The number of nitrogens with one attached hydrogen (secondary N) is 2. The summed E-state index contributed by atoms with van der Waals surface area (Å²) in [5.41, 5.74) is 1.87. The first kappa shape index (κ1) is 21.7. The van der Waals surface area contributed by atoms with Crippen LogP contribution in [0, 0.1) is 0 Å². The van der Waals surface area contributed by atoms with Crippen LogP contribution in [0.1, 0.15) is 22.3 Å². The zero-order valence-corrected chi connectivity index (χ0v) is 16.6. The van der Waals surface area contributed by atoms with Crippen molar-refractivity contribution in [2.75, 3.05) is 33.2 Å². The average Bonchev–Trinajstić information content (AvgIpc) is 2.75. The van der Waals surface area contributed by atoms with Crippen LogP contribution in [0.5, 0.6) is 11.5 Å². The first-order valence-corrected chi connectivity index (χ1v) is 8.92. The Labute approximate surface area is 169 Å². The van der Waals surface area contributed by atoms with Crippen molar-refractivity contribution >= 4 is 23.5 Å². The molecular weight excluding hydrogens is 376 g/mol. The molecule has 0 saturated heterocycles. The molecule has 2 aromatic rings. The molecule has 154 valence electrons. The second kappa shape index (κ2) is 10.7. The van der Waals surface area contributed by atoms with Gasteiger partial charge in [0, 0.05) is 23.7 Å².